The molecular formula is C16H27NO4. The van der Waals surface area contributed by atoms with Crippen LogP contribution in [0.5, 0.6) is 0 Å². The Morgan fingerprint density at radius 2 is 1.76 bits per heavy atom. The minimum atomic E-state index is -1.41. The number of rotatable bonds is 10. The third kappa shape index (κ3) is 3.29. The zero-order chi connectivity index (χ0) is 15.5. The van der Waals surface area contributed by atoms with Crippen LogP contribution in [-0.2, 0) is 14.3 Å². The third-order valence-electron chi connectivity index (χ3n) is 4.50. The summed E-state index contributed by atoms with van der Waals surface area (Å²) in [6, 6.07) is 0. The molecule has 0 aromatic heterocycles. The SMILES string of the molecule is CCCCCCCCCCC(=O)[C@]12O[C@H]1C(C)(O)NC2=O. The van der Waals surface area contributed by atoms with E-state index in [0.29, 0.717) is 6.42 Å². The number of aliphatic hydroxyl groups is 1. The van der Waals surface area contributed by atoms with Crippen LogP contribution in [0, 0.1) is 0 Å². The fourth-order valence-electron chi connectivity index (χ4n) is 3.17. The highest BCUT2D eigenvalue weighted by Gasteiger charge is 2.78. The number of hydrogen-bond donors (Lipinski definition) is 2. The van der Waals surface area contributed by atoms with Crippen LogP contribution >= 0.6 is 0 Å². The lowest BCUT2D eigenvalue weighted by Crippen LogP contribution is -2.45. The van der Waals surface area contributed by atoms with E-state index in [9.17, 15) is 14.7 Å². The number of Topliss-reactive ketones (excluding diaryl/α,β-unsaturated/α-hetero) is 1. The van der Waals surface area contributed by atoms with Crippen molar-refractivity contribution in [2.24, 2.45) is 0 Å². The summed E-state index contributed by atoms with van der Waals surface area (Å²) in [6.45, 7) is 3.67. The van der Waals surface area contributed by atoms with Crippen LogP contribution < -0.4 is 5.32 Å². The van der Waals surface area contributed by atoms with E-state index < -0.39 is 23.3 Å². The molecule has 1 amide bonds. The van der Waals surface area contributed by atoms with Gasteiger partial charge in [-0.15, -0.1) is 0 Å². The number of ketones is 1. The Bertz CT molecular complexity index is 407. The maximum atomic E-state index is 12.2. The van der Waals surface area contributed by atoms with Crippen molar-refractivity contribution in [2.75, 3.05) is 0 Å². The normalized spacial score (nSPS) is 33.7. The molecule has 120 valence electrons. The number of epoxide rings is 1. The molecule has 21 heavy (non-hydrogen) atoms. The second-order valence-corrected chi connectivity index (χ2v) is 6.48. The van der Waals surface area contributed by atoms with Crippen molar-refractivity contribution in [1.82, 2.24) is 5.32 Å². The molecular weight excluding hydrogens is 270 g/mol. The van der Waals surface area contributed by atoms with Gasteiger partial charge in [0.1, 0.15) is 0 Å². The number of ether oxygens (including phenoxy) is 1. The molecule has 5 heteroatoms. The predicted octanol–water partition coefficient (Wildman–Crippen LogP) is 2.06. The Kier molecular flexibility index (Phi) is 5.04. The van der Waals surface area contributed by atoms with Crippen molar-refractivity contribution < 1.29 is 19.4 Å². The van der Waals surface area contributed by atoms with Gasteiger partial charge < -0.3 is 15.2 Å². The highest BCUT2D eigenvalue weighted by molar-refractivity contribution is 6.15. The maximum Gasteiger partial charge on any atom is 0.265 e. The van der Waals surface area contributed by atoms with Gasteiger partial charge in [0.05, 0.1) is 0 Å². The molecule has 3 atom stereocenters. The second kappa shape index (κ2) is 6.44. The molecule has 0 bridgehead atoms. The van der Waals surface area contributed by atoms with E-state index in [1.165, 1.54) is 39.0 Å². The average molecular weight is 297 g/mol. The van der Waals surface area contributed by atoms with Gasteiger partial charge >= 0.3 is 0 Å². The smallest absolute Gasteiger partial charge is 0.265 e. The zero-order valence-electron chi connectivity index (χ0n) is 13.1. The van der Waals surface area contributed by atoms with Gasteiger partial charge in [-0.25, -0.2) is 0 Å². The fourth-order valence-corrected chi connectivity index (χ4v) is 3.17. The Labute approximate surface area is 126 Å². The van der Waals surface area contributed by atoms with Crippen LogP contribution in [-0.4, -0.2) is 34.2 Å². The minimum Gasteiger partial charge on any atom is -0.368 e. The summed E-state index contributed by atoms with van der Waals surface area (Å²) in [5.74, 6) is -0.671. The standard InChI is InChI=1S/C16H27NO4/c1-3-4-5-6-7-8-9-10-11-12(18)16-13(21-16)15(2,20)17-14(16)19/h13,20H,3-11H2,1-2H3,(H,17,19)/t13-,15?,16-/m0/s1. The van der Waals surface area contributed by atoms with Crippen molar-refractivity contribution in [1.29, 1.82) is 0 Å². The van der Waals surface area contributed by atoms with Crippen LogP contribution in [0.3, 0.4) is 0 Å². The molecule has 0 radical (unpaired) electrons. The van der Waals surface area contributed by atoms with Gasteiger partial charge in [-0.3, -0.25) is 9.59 Å². The number of nitrogens with one attached hydrogen (secondary N) is 1. The number of morpholine rings is 1. The summed E-state index contributed by atoms with van der Waals surface area (Å²) in [5, 5.41) is 12.3. The van der Waals surface area contributed by atoms with Gasteiger partial charge in [0.15, 0.2) is 17.6 Å². The number of amides is 1. The summed E-state index contributed by atoms with van der Waals surface area (Å²) in [6.07, 6.45) is 8.92. The van der Waals surface area contributed by atoms with Crippen LogP contribution in [0.25, 0.3) is 0 Å². The number of hydrogen-bond acceptors (Lipinski definition) is 4. The molecule has 0 saturated carbocycles. The van der Waals surface area contributed by atoms with Crippen molar-refractivity contribution in [3.8, 4) is 0 Å². The van der Waals surface area contributed by atoms with Gasteiger partial charge in [0.2, 0.25) is 5.60 Å². The third-order valence-corrected chi connectivity index (χ3v) is 4.50. The van der Waals surface area contributed by atoms with E-state index >= 15 is 0 Å². The molecule has 0 aromatic rings. The van der Waals surface area contributed by atoms with E-state index in [2.05, 4.69) is 12.2 Å². The largest absolute Gasteiger partial charge is 0.368 e. The summed E-state index contributed by atoms with van der Waals surface area (Å²) in [4.78, 5) is 24.0. The predicted molar refractivity (Wildman–Crippen MR) is 78.6 cm³/mol. The van der Waals surface area contributed by atoms with Gasteiger partial charge in [-0.2, -0.15) is 0 Å². The molecule has 2 N–H and O–H groups in total. The molecule has 2 aliphatic heterocycles. The molecule has 5 nitrogen and oxygen atoms in total. The quantitative estimate of drug-likeness (QED) is 0.367. The molecule has 0 aliphatic carbocycles. The average Bonchev–Trinajstić information content (AvgIpc) is 3.14. The van der Waals surface area contributed by atoms with Crippen LogP contribution in [0.1, 0.15) is 71.6 Å². The van der Waals surface area contributed by atoms with Crippen molar-refractivity contribution in [3.63, 3.8) is 0 Å². The molecule has 2 heterocycles. The molecule has 2 aliphatic rings. The van der Waals surface area contributed by atoms with Gasteiger partial charge in [-0.1, -0.05) is 51.9 Å². The lowest BCUT2D eigenvalue weighted by molar-refractivity contribution is -0.138. The summed E-state index contributed by atoms with van der Waals surface area (Å²) < 4.78 is 5.24. The van der Waals surface area contributed by atoms with E-state index in [-0.39, 0.29) is 5.78 Å². The second-order valence-electron chi connectivity index (χ2n) is 6.48. The van der Waals surface area contributed by atoms with Crippen molar-refractivity contribution in [2.45, 2.75) is 89.1 Å². The van der Waals surface area contributed by atoms with Gasteiger partial charge in [0, 0.05) is 6.42 Å². The molecule has 1 unspecified atom stereocenters. The molecule has 2 fully saturated rings. The minimum absolute atomic E-state index is 0.186. The Hall–Kier alpha value is -0.940. The van der Waals surface area contributed by atoms with E-state index in [1.54, 1.807) is 0 Å². The summed E-state index contributed by atoms with van der Waals surface area (Å²) in [5.41, 5.74) is -2.79. The topological polar surface area (TPSA) is 78.9 Å². The monoisotopic (exact) mass is 297 g/mol. The fraction of sp³-hybridized carbons (Fsp3) is 0.875. The Morgan fingerprint density at radius 3 is 2.24 bits per heavy atom. The lowest BCUT2D eigenvalue weighted by atomic mass is 9.94. The highest BCUT2D eigenvalue weighted by Crippen LogP contribution is 2.49. The molecule has 0 aromatic carbocycles. The molecule has 2 saturated heterocycles. The van der Waals surface area contributed by atoms with Gasteiger partial charge in [-0.05, 0) is 13.3 Å². The van der Waals surface area contributed by atoms with Crippen LogP contribution in [0.4, 0.5) is 0 Å². The molecule has 0 spiro atoms. The number of carbonyl (C=O) groups excluding carboxylic acids is 2. The Morgan fingerprint density at radius 1 is 1.19 bits per heavy atom. The first kappa shape index (κ1) is 16.4. The first-order chi connectivity index (χ1) is 9.95. The number of unbranched alkanes of at least 4 members (excludes halogenated alkanes) is 7. The van der Waals surface area contributed by atoms with Crippen LogP contribution in [0.15, 0.2) is 0 Å². The number of fused-ring (bicyclic) bond motifs is 1. The lowest BCUT2D eigenvalue weighted by Gasteiger charge is -2.16. The van der Waals surface area contributed by atoms with Crippen LogP contribution in [0.2, 0.25) is 0 Å². The first-order valence-electron chi connectivity index (χ1n) is 8.21. The summed E-state index contributed by atoms with van der Waals surface area (Å²) >= 11 is 0. The van der Waals surface area contributed by atoms with E-state index in [1.807, 2.05) is 0 Å². The first-order valence-corrected chi connectivity index (χ1v) is 8.21. The summed E-state index contributed by atoms with van der Waals surface area (Å²) in [7, 11) is 0. The highest BCUT2D eigenvalue weighted by atomic mass is 16.6. The van der Waals surface area contributed by atoms with E-state index in [4.69, 9.17) is 4.74 Å². The molecule has 2 rings (SSSR count). The number of carbonyl (C=O) groups is 2. The zero-order valence-corrected chi connectivity index (χ0v) is 13.1. The Balaban J connectivity index is 1.62. The van der Waals surface area contributed by atoms with Gasteiger partial charge in [0.25, 0.3) is 5.91 Å². The van der Waals surface area contributed by atoms with Crippen molar-refractivity contribution >= 4 is 11.7 Å². The maximum absolute atomic E-state index is 12.2. The van der Waals surface area contributed by atoms with E-state index in [0.717, 1.165) is 19.3 Å². The van der Waals surface area contributed by atoms with Crippen molar-refractivity contribution in [3.05, 3.63) is 0 Å².